The third kappa shape index (κ3) is 2.90. The second-order valence-corrected chi connectivity index (χ2v) is 8.29. The molecule has 1 aliphatic rings. The molecule has 156 valence electrons. The summed E-state index contributed by atoms with van der Waals surface area (Å²) in [5.41, 5.74) is 6.91. The van der Waals surface area contributed by atoms with Crippen LogP contribution >= 0.6 is 0 Å². The van der Waals surface area contributed by atoms with E-state index in [1.807, 2.05) is 38.8 Å². The first-order chi connectivity index (χ1) is 15.2. The summed E-state index contributed by atoms with van der Waals surface area (Å²) in [5, 5.41) is 9.80. The zero-order valence-electron chi connectivity index (χ0n) is 17.7. The van der Waals surface area contributed by atoms with Crippen LogP contribution in [0.4, 0.5) is 5.69 Å². The second kappa shape index (κ2) is 6.94. The van der Waals surface area contributed by atoms with Crippen molar-refractivity contribution in [3.63, 3.8) is 0 Å². The Hall–Kier alpha value is -3.68. The maximum Gasteiger partial charge on any atom is 0.181 e. The number of nitrogens with zero attached hydrogens (tertiary/aromatic N) is 6. The van der Waals surface area contributed by atoms with Gasteiger partial charge in [-0.15, -0.1) is 0 Å². The molecule has 5 aromatic rings. The first-order valence-corrected chi connectivity index (χ1v) is 10.7. The van der Waals surface area contributed by atoms with Crippen LogP contribution in [0.15, 0.2) is 36.9 Å². The lowest BCUT2D eigenvalue weighted by atomic mass is 10.1. The number of anilines is 1. The van der Waals surface area contributed by atoms with Crippen molar-refractivity contribution in [2.45, 2.75) is 26.2 Å². The third-order valence-electron chi connectivity index (χ3n) is 6.42. The molecule has 0 radical (unpaired) electrons. The van der Waals surface area contributed by atoms with E-state index in [0.717, 1.165) is 52.5 Å². The molecule has 0 amide bonds. The van der Waals surface area contributed by atoms with Gasteiger partial charge in [-0.3, -0.25) is 10.1 Å². The van der Waals surface area contributed by atoms with Gasteiger partial charge >= 0.3 is 0 Å². The first-order valence-electron chi connectivity index (χ1n) is 10.7. The van der Waals surface area contributed by atoms with Crippen molar-refractivity contribution in [1.29, 1.82) is 0 Å². The fourth-order valence-electron chi connectivity index (χ4n) is 4.57. The van der Waals surface area contributed by atoms with Crippen LogP contribution < -0.4 is 4.90 Å². The van der Waals surface area contributed by atoms with Crippen molar-refractivity contribution in [2.75, 3.05) is 18.0 Å². The predicted molar refractivity (Wildman–Crippen MR) is 122 cm³/mol. The van der Waals surface area contributed by atoms with Crippen LogP contribution in [0.25, 0.3) is 44.6 Å². The van der Waals surface area contributed by atoms with E-state index in [9.17, 15) is 0 Å². The van der Waals surface area contributed by atoms with Crippen LogP contribution in [0.3, 0.4) is 0 Å². The second-order valence-electron chi connectivity index (χ2n) is 8.29. The first kappa shape index (κ1) is 18.1. The van der Waals surface area contributed by atoms with E-state index in [4.69, 9.17) is 0 Å². The van der Waals surface area contributed by atoms with E-state index in [1.54, 1.807) is 0 Å². The number of aromatic amines is 2. The molecule has 8 nitrogen and oxygen atoms in total. The third-order valence-corrected chi connectivity index (χ3v) is 6.42. The number of H-pyrrole nitrogens is 2. The molecule has 6 rings (SSSR count). The van der Waals surface area contributed by atoms with Gasteiger partial charge < -0.3 is 14.5 Å². The van der Waals surface area contributed by atoms with Crippen LogP contribution in [-0.2, 0) is 7.05 Å². The summed E-state index contributed by atoms with van der Waals surface area (Å²) in [6, 6.07) is 4.34. The lowest BCUT2D eigenvalue weighted by Gasteiger charge is -2.28. The van der Waals surface area contributed by atoms with Crippen LogP contribution in [0.5, 0.6) is 0 Å². The largest absolute Gasteiger partial charge is 0.370 e. The Morgan fingerprint density at radius 2 is 1.81 bits per heavy atom. The molecular weight excluding hydrogens is 388 g/mol. The molecule has 0 aliphatic carbocycles. The number of piperidine rings is 1. The Labute approximate surface area is 179 Å². The highest BCUT2D eigenvalue weighted by atomic mass is 15.2. The Balaban J connectivity index is 1.47. The van der Waals surface area contributed by atoms with Crippen molar-refractivity contribution < 1.29 is 0 Å². The van der Waals surface area contributed by atoms with Gasteiger partial charge in [0.05, 0.1) is 46.9 Å². The molecule has 0 saturated carbocycles. The Bertz CT molecular complexity index is 1400. The maximum absolute atomic E-state index is 4.58. The van der Waals surface area contributed by atoms with Crippen molar-refractivity contribution in [3.8, 4) is 22.6 Å². The molecule has 0 bridgehead atoms. The highest BCUT2D eigenvalue weighted by molar-refractivity contribution is 5.99. The summed E-state index contributed by atoms with van der Waals surface area (Å²) in [4.78, 5) is 19.5. The van der Waals surface area contributed by atoms with Gasteiger partial charge in [0.2, 0.25) is 0 Å². The van der Waals surface area contributed by atoms with E-state index in [2.05, 4.69) is 51.7 Å². The van der Waals surface area contributed by atoms with E-state index < -0.39 is 0 Å². The molecule has 31 heavy (non-hydrogen) atoms. The molecule has 0 spiro atoms. The average molecular weight is 413 g/mol. The standard InChI is InChI=1S/C23H24N8/c1-14-25-13-20(30(14)2)15-8-17-22(28-29-23(17)26-10-15)18-9-16-19(27-18)11-24-12-21(16)31-6-4-3-5-7-31/h8-13,27H,3-7H2,1-2H3,(H,26,28,29). The van der Waals surface area contributed by atoms with Crippen LogP contribution in [-0.4, -0.2) is 47.8 Å². The van der Waals surface area contributed by atoms with Gasteiger partial charge in [0.1, 0.15) is 5.82 Å². The van der Waals surface area contributed by atoms with E-state index >= 15 is 0 Å². The normalized spacial score (nSPS) is 14.7. The molecule has 0 aromatic carbocycles. The average Bonchev–Trinajstić information content (AvgIpc) is 3.50. The topological polar surface area (TPSA) is 91.3 Å². The number of fused-ring (bicyclic) bond motifs is 2. The molecule has 5 aromatic heterocycles. The molecule has 1 saturated heterocycles. The van der Waals surface area contributed by atoms with Gasteiger partial charge in [0.15, 0.2) is 5.65 Å². The van der Waals surface area contributed by atoms with Gasteiger partial charge in [-0.2, -0.15) is 5.10 Å². The van der Waals surface area contributed by atoms with Crippen LogP contribution in [0.2, 0.25) is 0 Å². The highest BCUT2D eigenvalue weighted by Crippen LogP contribution is 2.34. The number of aryl methyl sites for hydroxylation is 1. The quantitative estimate of drug-likeness (QED) is 0.463. The molecule has 1 aliphatic heterocycles. The maximum atomic E-state index is 4.58. The molecule has 0 atom stereocenters. The lowest BCUT2D eigenvalue weighted by Crippen LogP contribution is -2.29. The zero-order valence-corrected chi connectivity index (χ0v) is 17.7. The lowest BCUT2D eigenvalue weighted by molar-refractivity contribution is 0.578. The molecule has 1 fully saturated rings. The molecular formula is C23H24N8. The highest BCUT2D eigenvalue weighted by Gasteiger charge is 2.18. The molecule has 0 unspecified atom stereocenters. The summed E-state index contributed by atoms with van der Waals surface area (Å²) >= 11 is 0. The van der Waals surface area contributed by atoms with Crippen molar-refractivity contribution in [1.82, 2.24) is 34.7 Å². The Kier molecular flexibility index (Phi) is 4.05. The number of nitrogens with one attached hydrogen (secondary N) is 2. The van der Waals surface area contributed by atoms with Crippen LogP contribution in [0.1, 0.15) is 25.1 Å². The van der Waals surface area contributed by atoms with Gasteiger partial charge in [0.25, 0.3) is 0 Å². The van der Waals surface area contributed by atoms with Gasteiger partial charge in [-0.05, 0) is 38.3 Å². The minimum Gasteiger partial charge on any atom is -0.370 e. The summed E-state index contributed by atoms with van der Waals surface area (Å²) in [5.74, 6) is 0.968. The Morgan fingerprint density at radius 1 is 0.935 bits per heavy atom. The summed E-state index contributed by atoms with van der Waals surface area (Å²) in [6.07, 6.45) is 11.4. The summed E-state index contributed by atoms with van der Waals surface area (Å²) in [7, 11) is 2.02. The smallest absolute Gasteiger partial charge is 0.181 e. The number of hydrogen-bond acceptors (Lipinski definition) is 5. The number of imidazole rings is 1. The van der Waals surface area contributed by atoms with Gasteiger partial charge in [0, 0.05) is 42.7 Å². The van der Waals surface area contributed by atoms with Crippen molar-refractivity contribution in [3.05, 3.63) is 42.7 Å². The number of hydrogen-bond donors (Lipinski definition) is 2. The SMILES string of the molecule is Cc1ncc(-c2cnc3n[nH]c(-c4cc5c(N6CCCCC6)cncc5[nH]4)c3c2)n1C. The van der Waals surface area contributed by atoms with E-state index in [-0.39, 0.29) is 0 Å². The molecule has 2 N–H and O–H groups in total. The summed E-state index contributed by atoms with van der Waals surface area (Å²) in [6.45, 7) is 4.18. The van der Waals surface area contributed by atoms with Crippen molar-refractivity contribution in [2.24, 2.45) is 7.05 Å². The van der Waals surface area contributed by atoms with E-state index in [0.29, 0.717) is 5.65 Å². The fourth-order valence-corrected chi connectivity index (χ4v) is 4.57. The summed E-state index contributed by atoms with van der Waals surface area (Å²) < 4.78 is 2.07. The Morgan fingerprint density at radius 3 is 2.61 bits per heavy atom. The van der Waals surface area contributed by atoms with Crippen LogP contribution in [0, 0.1) is 6.92 Å². The number of aromatic nitrogens is 7. The minimum atomic E-state index is 0.700. The number of rotatable bonds is 3. The van der Waals surface area contributed by atoms with Gasteiger partial charge in [-0.25, -0.2) is 9.97 Å². The fraction of sp³-hybridized carbons (Fsp3) is 0.304. The monoisotopic (exact) mass is 412 g/mol. The zero-order chi connectivity index (χ0) is 20.9. The van der Waals surface area contributed by atoms with E-state index in [1.165, 1.54) is 30.3 Å². The van der Waals surface area contributed by atoms with Crippen molar-refractivity contribution >= 4 is 27.6 Å². The molecule has 8 heteroatoms. The van der Waals surface area contributed by atoms with Gasteiger partial charge in [-0.1, -0.05) is 0 Å². The number of pyridine rings is 2. The predicted octanol–water partition coefficient (Wildman–Crippen LogP) is 4.20. The molecule has 6 heterocycles. The minimum absolute atomic E-state index is 0.700.